The third-order valence-electron chi connectivity index (χ3n) is 4.76. The summed E-state index contributed by atoms with van der Waals surface area (Å²) in [4.78, 5) is 7.05. The Labute approximate surface area is 151 Å². The predicted molar refractivity (Wildman–Crippen MR) is 106 cm³/mol. The van der Waals surface area contributed by atoms with Gasteiger partial charge in [-0.25, -0.2) is 0 Å². The highest BCUT2D eigenvalue weighted by Gasteiger charge is 2.22. The zero-order chi connectivity index (χ0) is 17.8. The molecule has 0 aliphatic carbocycles. The number of pyridine rings is 1. The molecule has 1 atom stereocenters. The van der Waals surface area contributed by atoms with Crippen LogP contribution in [0.25, 0.3) is 0 Å². The van der Waals surface area contributed by atoms with Gasteiger partial charge in [-0.05, 0) is 56.0 Å². The topological polar surface area (TPSA) is 16.1 Å². The van der Waals surface area contributed by atoms with Crippen LogP contribution in [0, 0.1) is 20.8 Å². The molecule has 1 heterocycles. The van der Waals surface area contributed by atoms with Gasteiger partial charge in [0, 0.05) is 18.9 Å². The van der Waals surface area contributed by atoms with Gasteiger partial charge in [0.2, 0.25) is 0 Å². The molecule has 2 nitrogen and oxygen atoms in total. The summed E-state index contributed by atoms with van der Waals surface area (Å²) in [6.07, 6.45) is 2.82. The first-order chi connectivity index (χ1) is 12.1. The van der Waals surface area contributed by atoms with Gasteiger partial charge in [0.25, 0.3) is 0 Å². The van der Waals surface area contributed by atoms with Crippen molar-refractivity contribution in [3.63, 3.8) is 0 Å². The number of hydrogen-bond acceptors (Lipinski definition) is 2. The highest BCUT2D eigenvalue weighted by atomic mass is 15.1. The Morgan fingerprint density at radius 2 is 1.52 bits per heavy atom. The number of rotatable bonds is 5. The van der Waals surface area contributed by atoms with Gasteiger partial charge in [-0.2, -0.15) is 0 Å². The molecule has 25 heavy (non-hydrogen) atoms. The van der Waals surface area contributed by atoms with Crippen LogP contribution in [0.15, 0.2) is 66.9 Å². The van der Waals surface area contributed by atoms with Crippen molar-refractivity contribution in [2.45, 2.75) is 33.2 Å². The van der Waals surface area contributed by atoms with Crippen molar-refractivity contribution < 1.29 is 0 Å². The fraction of sp³-hybridized carbons (Fsp3) is 0.261. The number of aromatic nitrogens is 1. The van der Waals surface area contributed by atoms with E-state index in [-0.39, 0.29) is 6.04 Å². The van der Waals surface area contributed by atoms with Gasteiger partial charge in [0.05, 0.1) is 11.7 Å². The number of hydrogen-bond donors (Lipinski definition) is 0. The van der Waals surface area contributed by atoms with Crippen molar-refractivity contribution in [3.05, 3.63) is 94.8 Å². The van der Waals surface area contributed by atoms with Crippen LogP contribution in [-0.2, 0) is 6.42 Å². The molecule has 0 saturated carbocycles. The van der Waals surface area contributed by atoms with E-state index in [0.29, 0.717) is 0 Å². The maximum absolute atomic E-state index is 4.66. The van der Waals surface area contributed by atoms with Crippen LogP contribution in [0.2, 0.25) is 0 Å². The van der Waals surface area contributed by atoms with Gasteiger partial charge in [-0.15, -0.1) is 0 Å². The second-order valence-electron chi connectivity index (χ2n) is 6.82. The Morgan fingerprint density at radius 3 is 2.12 bits per heavy atom. The SMILES string of the molecule is Cc1cc(C)c(N(C)C(Cc2ccccc2)c2ccccn2)c(C)c1. The van der Waals surface area contributed by atoms with Crippen molar-refractivity contribution >= 4 is 5.69 Å². The Morgan fingerprint density at radius 1 is 0.880 bits per heavy atom. The largest absolute Gasteiger partial charge is 0.365 e. The van der Waals surface area contributed by atoms with Gasteiger partial charge < -0.3 is 4.90 Å². The lowest BCUT2D eigenvalue weighted by Gasteiger charge is -2.32. The van der Waals surface area contributed by atoms with Crippen molar-refractivity contribution in [3.8, 4) is 0 Å². The summed E-state index contributed by atoms with van der Waals surface area (Å²) in [5.74, 6) is 0. The van der Waals surface area contributed by atoms with Crippen LogP contribution in [0.4, 0.5) is 5.69 Å². The summed E-state index contributed by atoms with van der Waals surface area (Å²) in [5, 5.41) is 0. The van der Waals surface area contributed by atoms with Crippen LogP contribution in [0.3, 0.4) is 0 Å². The van der Waals surface area contributed by atoms with Crippen molar-refractivity contribution in [1.29, 1.82) is 0 Å². The van der Waals surface area contributed by atoms with E-state index in [2.05, 4.69) is 92.3 Å². The Hall–Kier alpha value is -2.61. The highest BCUT2D eigenvalue weighted by molar-refractivity contribution is 5.61. The maximum atomic E-state index is 4.66. The number of benzene rings is 2. The lowest BCUT2D eigenvalue weighted by atomic mass is 9.98. The van der Waals surface area contributed by atoms with Crippen LogP contribution in [-0.4, -0.2) is 12.0 Å². The molecule has 0 aliphatic rings. The molecular weight excluding hydrogens is 304 g/mol. The molecule has 1 aromatic heterocycles. The number of likely N-dealkylation sites (N-methyl/N-ethyl adjacent to an activating group) is 1. The minimum Gasteiger partial charge on any atom is -0.365 e. The third-order valence-corrected chi connectivity index (χ3v) is 4.76. The average Bonchev–Trinajstić information content (AvgIpc) is 2.60. The van der Waals surface area contributed by atoms with Crippen molar-refractivity contribution in [2.75, 3.05) is 11.9 Å². The molecular formula is C23H26N2. The van der Waals surface area contributed by atoms with Gasteiger partial charge in [0.1, 0.15) is 0 Å². The van der Waals surface area contributed by atoms with E-state index in [1.165, 1.54) is 27.9 Å². The van der Waals surface area contributed by atoms with E-state index in [0.717, 1.165) is 12.1 Å². The molecule has 0 spiro atoms. The minimum absolute atomic E-state index is 0.198. The lowest BCUT2D eigenvalue weighted by Crippen LogP contribution is -2.28. The van der Waals surface area contributed by atoms with Crippen LogP contribution < -0.4 is 4.90 Å². The average molecular weight is 330 g/mol. The molecule has 0 amide bonds. The third kappa shape index (κ3) is 3.90. The molecule has 0 N–H and O–H groups in total. The lowest BCUT2D eigenvalue weighted by molar-refractivity contribution is 0.644. The predicted octanol–water partition coefficient (Wildman–Crippen LogP) is 5.43. The molecule has 0 fully saturated rings. The molecule has 2 heteroatoms. The van der Waals surface area contributed by atoms with Gasteiger partial charge in [-0.3, -0.25) is 4.98 Å². The standard InChI is InChI=1S/C23H26N2/c1-17-14-18(2)23(19(3)15-17)25(4)22(21-12-8-9-13-24-21)16-20-10-6-5-7-11-20/h5-15,22H,16H2,1-4H3. The molecule has 3 rings (SSSR count). The van der Waals surface area contributed by atoms with Crippen LogP contribution in [0.1, 0.15) is 34.0 Å². The second kappa shape index (κ2) is 7.52. The first kappa shape index (κ1) is 17.2. The first-order valence-corrected chi connectivity index (χ1v) is 8.82. The quantitative estimate of drug-likeness (QED) is 0.620. The minimum atomic E-state index is 0.198. The summed E-state index contributed by atoms with van der Waals surface area (Å²) in [6, 6.07) is 21.6. The van der Waals surface area contributed by atoms with E-state index in [1.807, 2.05) is 12.3 Å². The Kier molecular flexibility index (Phi) is 5.18. The Bertz CT molecular complexity index is 802. The summed E-state index contributed by atoms with van der Waals surface area (Å²) in [7, 11) is 2.19. The Balaban J connectivity index is 2.02. The molecule has 0 bridgehead atoms. The molecule has 3 aromatic rings. The zero-order valence-electron chi connectivity index (χ0n) is 15.5. The summed E-state index contributed by atoms with van der Waals surface area (Å²) in [6.45, 7) is 6.55. The molecule has 0 radical (unpaired) electrons. The van der Waals surface area contributed by atoms with Crippen LogP contribution >= 0.6 is 0 Å². The molecule has 0 saturated heterocycles. The highest BCUT2D eigenvalue weighted by Crippen LogP contribution is 2.33. The van der Waals surface area contributed by atoms with Crippen LogP contribution in [0.5, 0.6) is 0 Å². The van der Waals surface area contributed by atoms with E-state index in [1.54, 1.807) is 0 Å². The van der Waals surface area contributed by atoms with E-state index in [9.17, 15) is 0 Å². The molecule has 0 aliphatic heterocycles. The van der Waals surface area contributed by atoms with Crippen molar-refractivity contribution in [2.24, 2.45) is 0 Å². The summed E-state index contributed by atoms with van der Waals surface area (Å²) in [5.41, 5.74) is 7.67. The molecule has 1 unspecified atom stereocenters. The zero-order valence-corrected chi connectivity index (χ0v) is 15.5. The molecule has 2 aromatic carbocycles. The second-order valence-corrected chi connectivity index (χ2v) is 6.82. The number of aryl methyl sites for hydroxylation is 3. The fourth-order valence-electron chi connectivity index (χ4n) is 3.73. The fourth-order valence-corrected chi connectivity index (χ4v) is 3.73. The van der Waals surface area contributed by atoms with Gasteiger partial charge in [0.15, 0.2) is 0 Å². The molecule has 128 valence electrons. The van der Waals surface area contributed by atoms with Gasteiger partial charge >= 0.3 is 0 Å². The van der Waals surface area contributed by atoms with E-state index in [4.69, 9.17) is 0 Å². The number of anilines is 1. The van der Waals surface area contributed by atoms with Gasteiger partial charge in [-0.1, -0.05) is 54.1 Å². The maximum Gasteiger partial charge on any atom is 0.0750 e. The first-order valence-electron chi connectivity index (χ1n) is 8.82. The van der Waals surface area contributed by atoms with Crippen molar-refractivity contribution in [1.82, 2.24) is 4.98 Å². The summed E-state index contributed by atoms with van der Waals surface area (Å²) < 4.78 is 0. The summed E-state index contributed by atoms with van der Waals surface area (Å²) >= 11 is 0. The number of nitrogens with zero attached hydrogens (tertiary/aromatic N) is 2. The monoisotopic (exact) mass is 330 g/mol. The van der Waals surface area contributed by atoms with E-state index < -0.39 is 0 Å². The normalized spacial score (nSPS) is 12.0. The van der Waals surface area contributed by atoms with E-state index >= 15 is 0 Å². The smallest absolute Gasteiger partial charge is 0.0750 e.